The molecular formula is C14H13Br2NO2. The fourth-order valence-corrected chi connectivity index (χ4v) is 2.37. The third-order valence-corrected chi connectivity index (χ3v) is 3.62. The van der Waals surface area contributed by atoms with Gasteiger partial charge in [0.25, 0.3) is 0 Å². The van der Waals surface area contributed by atoms with Gasteiger partial charge in [0.15, 0.2) is 11.5 Å². The van der Waals surface area contributed by atoms with Crippen molar-refractivity contribution in [3.63, 3.8) is 0 Å². The first-order valence-corrected chi connectivity index (χ1v) is 7.59. The molecule has 1 aromatic carbocycles. The smallest absolute Gasteiger partial charge is 0.161 e. The summed E-state index contributed by atoms with van der Waals surface area (Å²) in [5.74, 6) is 1.46. The second-order valence-electron chi connectivity index (χ2n) is 3.92. The summed E-state index contributed by atoms with van der Waals surface area (Å²) in [6.45, 7) is 0.455. The van der Waals surface area contributed by atoms with Gasteiger partial charge in [-0.2, -0.15) is 0 Å². The van der Waals surface area contributed by atoms with Crippen molar-refractivity contribution in [2.75, 3.05) is 7.11 Å². The van der Waals surface area contributed by atoms with E-state index in [9.17, 15) is 0 Å². The van der Waals surface area contributed by atoms with Crippen molar-refractivity contribution in [1.82, 2.24) is 4.98 Å². The molecule has 0 aliphatic heterocycles. The Morgan fingerprint density at radius 3 is 2.63 bits per heavy atom. The fraction of sp³-hybridized carbons (Fsp3) is 0.214. The van der Waals surface area contributed by atoms with E-state index in [0.717, 1.165) is 32.4 Å². The lowest BCUT2D eigenvalue weighted by Gasteiger charge is -2.11. The fourth-order valence-electron chi connectivity index (χ4n) is 1.61. The second-order valence-corrected chi connectivity index (χ2v) is 5.40. The highest BCUT2D eigenvalue weighted by atomic mass is 79.9. The van der Waals surface area contributed by atoms with E-state index in [2.05, 4.69) is 36.8 Å². The maximum atomic E-state index is 5.77. The van der Waals surface area contributed by atoms with Gasteiger partial charge in [0.1, 0.15) is 6.61 Å². The van der Waals surface area contributed by atoms with Crippen LogP contribution in [0.25, 0.3) is 0 Å². The Labute approximate surface area is 129 Å². The number of pyridine rings is 1. The molecule has 0 saturated carbocycles. The minimum absolute atomic E-state index is 0.455. The number of rotatable bonds is 5. The van der Waals surface area contributed by atoms with Crippen LogP contribution in [0.3, 0.4) is 0 Å². The van der Waals surface area contributed by atoms with Gasteiger partial charge in [-0.15, -0.1) is 0 Å². The molecule has 0 aliphatic carbocycles. The minimum atomic E-state index is 0.455. The molecule has 0 saturated heterocycles. The number of hydrogen-bond acceptors (Lipinski definition) is 3. The number of alkyl halides is 1. The Bertz CT molecular complexity index is 561. The summed E-state index contributed by atoms with van der Waals surface area (Å²) >= 11 is 6.81. The standard InChI is InChI=1S/C14H13Br2NO2/c1-18-14-5-10(6-15)2-3-13(14)19-9-11-4-12(16)8-17-7-11/h2-5,7-8H,6,9H2,1H3. The lowest BCUT2D eigenvalue weighted by atomic mass is 10.2. The lowest BCUT2D eigenvalue weighted by molar-refractivity contribution is 0.284. The van der Waals surface area contributed by atoms with Gasteiger partial charge in [-0.3, -0.25) is 4.98 Å². The highest BCUT2D eigenvalue weighted by molar-refractivity contribution is 9.10. The molecule has 1 aromatic heterocycles. The third-order valence-electron chi connectivity index (χ3n) is 2.54. The van der Waals surface area contributed by atoms with Crippen LogP contribution in [0.2, 0.25) is 0 Å². The summed E-state index contributed by atoms with van der Waals surface area (Å²) in [6, 6.07) is 7.86. The summed E-state index contributed by atoms with van der Waals surface area (Å²) in [7, 11) is 1.64. The van der Waals surface area contributed by atoms with Crippen LogP contribution in [0.15, 0.2) is 41.1 Å². The van der Waals surface area contributed by atoms with Crippen molar-refractivity contribution < 1.29 is 9.47 Å². The van der Waals surface area contributed by atoms with E-state index < -0.39 is 0 Å². The summed E-state index contributed by atoms with van der Waals surface area (Å²) in [5.41, 5.74) is 2.15. The summed E-state index contributed by atoms with van der Waals surface area (Å²) in [4.78, 5) is 4.10. The normalized spacial score (nSPS) is 10.3. The molecule has 2 rings (SSSR count). The van der Waals surface area contributed by atoms with E-state index >= 15 is 0 Å². The van der Waals surface area contributed by atoms with Crippen molar-refractivity contribution in [3.05, 3.63) is 52.3 Å². The van der Waals surface area contributed by atoms with Crippen molar-refractivity contribution in [2.24, 2.45) is 0 Å². The Morgan fingerprint density at radius 2 is 1.95 bits per heavy atom. The first kappa shape index (κ1) is 14.3. The van der Waals surface area contributed by atoms with Crippen molar-refractivity contribution in [3.8, 4) is 11.5 Å². The molecule has 0 radical (unpaired) electrons. The Morgan fingerprint density at radius 1 is 1.11 bits per heavy atom. The largest absolute Gasteiger partial charge is 0.493 e. The minimum Gasteiger partial charge on any atom is -0.493 e. The van der Waals surface area contributed by atoms with Gasteiger partial charge >= 0.3 is 0 Å². The molecule has 0 bridgehead atoms. The molecule has 19 heavy (non-hydrogen) atoms. The van der Waals surface area contributed by atoms with E-state index in [1.807, 2.05) is 24.3 Å². The number of benzene rings is 1. The van der Waals surface area contributed by atoms with Crippen LogP contribution >= 0.6 is 31.9 Å². The SMILES string of the molecule is COc1cc(CBr)ccc1OCc1cncc(Br)c1. The molecule has 5 heteroatoms. The topological polar surface area (TPSA) is 31.4 Å². The maximum Gasteiger partial charge on any atom is 0.161 e. The van der Waals surface area contributed by atoms with Gasteiger partial charge in [0, 0.05) is 27.8 Å². The molecule has 0 aliphatic rings. The Hall–Kier alpha value is -1.07. The molecule has 0 amide bonds. The zero-order valence-corrected chi connectivity index (χ0v) is 13.6. The average Bonchev–Trinajstić information content (AvgIpc) is 2.45. The third kappa shape index (κ3) is 3.94. The number of nitrogens with zero attached hydrogens (tertiary/aromatic N) is 1. The number of ether oxygens (including phenoxy) is 2. The first-order chi connectivity index (χ1) is 9.22. The van der Waals surface area contributed by atoms with Crippen molar-refractivity contribution in [1.29, 1.82) is 0 Å². The number of methoxy groups -OCH3 is 1. The highest BCUT2D eigenvalue weighted by Crippen LogP contribution is 2.29. The van der Waals surface area contributed by atoms with Crippen molar-refractivity contribution in [2.45, 2.75) is 11.9 Å². The highest BCUT2D eigenvalue weighted by Gasteiger charge is 2.06. The Balaban J connectivity index is 2.11. The van der Waals surface area contributed by atoms with Gasteiger partial charge in [-0.25, -0.2) is 0 Å². The number of aromatic nitrogens is 1. The molecule has 3 nitrogen and oxygen atoms in total. The van der Waals surface area contributed by atoms with Crippen LogP contribution in [0, 0.1) is 0 Å². The van der Waals surface area contributed by atoms with Crippen LogP contribution in [0.1, 0.15) is 11.1 Å². The average molecular weight is 387 g/mol. The van der Waals surface area contributed by atoms with Crippen LogP contribution in [0.5, 0.6) is 11.5 Å². The number of hydrogen-bond donors (Lipinski definition) is 0. The van der Waals surface area contributed by atoms with E-state index in [4.69, 9.17) is 9.47 Å². The molecule has 0 N–H and O–H groups in total. The summed E-state index contributed by atoms with van der Waals surface area (Å²) in [6.07, 6.45) is 3.53. The molecule has 0 spiro atoms. The molecule has 0 fully saturated rings. The van der Waals surface area contributed by atoms with Crippen molar-refractivity contribution >= 4 is 31.9 Å². The quantitative estimate of drug-likeness (QED) is 0.716. The van der Waals surface area contributed by atoms with Crippen LogP contribution in [-0.2, 0) is 11.9 Å². The predicted octanol–water partition coefficient (Wildman–Crippen LogP) is 4.33. The van der Waals surface area contributed by atoms with Gasteiger partial charge in [0.2, 0.25) is 0 Å². The molecule has 0 atom stereocenters. The van der Waals surface area contributed by atoms with Gasteiger partial charge < -0.3 is 9.47 Å². The lowest BCUT2D eigenvalue weighted by Crippen LogP contribution is -1.98. The number of halogens is 2. The second kappa shape index (κ2) is 6.91. The molecule has 2 aromatic rings. The first-order valence-electron chi connectivity index (χ1n) is 5.68. The van der Waals surface area contributed by atoms with Gasteiger partial charge in [0.05, 0.1) is 7.11 Å². The van der Waals surface area contributed by atoms with Gasteiger partial charge in [-0.05, 0) is 39.7 Å². The molecule has 1 heterocycles. The molecule has 0 unspecified atom stereocenters. The predicted molar refractivity (Wildman–Crippen MR) is 81.9 cm³/mol. The summed E-state index contributed by atoms with van der Waals surface area (Å²) < 4.78 is 12.0. The van der Waals surface area contributed by atoms with Crippen LogP contribution in [-0.4, -0.2) is 12.1 Å². The van der Waals surface area contributed by atoms with Crippen LogP contribution < -0.4 is 9.47 Å². The molecular weight excluding hydrogens is 374 g/mol. The van der Waals surface area contributed by atoms with E-state index in [1.165, 1.54) is 0 Å². The van der Waals surface area contributed by atoms with Crippen LogP contribution in [0.4, 0.5) is 0 Å². The summed E-state index contributed by atoms with van der Waals surface area (Å²) in [5, 5.41) is 0.791. The maximum absolute atomic E-state index is 5.77. The molecule has 100 valence electrons. The monoisotopic (exact) mass is 385 g/mol. The van der Waals surface area contributed by atoms with E-state index in [0.29, 0.717) is 6.61 Å². The van der Waals surface area contributed by atoms with E-state index in [1.54, 1.807) is 19.5 Å². The zero-order valence-electron chi connectivity index (χ0n) is 10.4. The zero-order chi connectivity index (χ0) is 13.7. The van der Waals surface area contributed by atoms with E-state index in [-0.39, 0.29) is 0 Å². The Kier molecular flexibility index (Phi) is 5.22. The van der Waals surface area contributed by atoms with Gasteiger partial charge in [-0.1, -0.05) is 22.0 Å².